The molecule has 1 aromatic heterocycles. The van der Waals surface area contributed by atoms with Crippen molar-refractivity contribution in [2.75, 3.05) is 0 Å². The fourth-order valence-electron chi connectivity index (χ4n) is 4.02. The predicted octanol–water partition coefficient (Wildman–Crippen LogP) is 5.25. The Morgan fingerprint density at radius 1 is 1.18 bits per heavy atom. The predicted molar refractivity (Wildman–Crippen MR) is 132 cm³/mol. The van der Waals surface area contributed by atoms with Crippen molar-refractivity contribution < 1.29 is 9.53 Å². The lowest BCUT2D eigenvalue weighted by Crippen LogP contribution is -2.37. The molecular formula is C26H30N4O2S. The van der Waals surface area contributed by atoms with E-state index in [1.54, 1.807) is 6.08 Å². The zero-order valence-electron chi connectivity index (χ0n) is 18.9. The van der Waals surface area contributed by atoms with Crippen LogP contribution in [0.5, 0.6) is 5.75 Å². The Bertz CT molecular complexity index is 1080. The molecule has 6 nitrogen and oxygen atoms in total. The van der Waals surface area contributed by atoms with Gasteiger partial charge >= 0.3 is 0 Å². The first-order chi connectivity index (χ1) is 16.2. The van der Waals surface area contributed by atoms with Gasteiger partial charge in [-0.2, -0.15) is 0 Å². The van der Waals surface area contributed by atoms with Crippen LogP contribution in [-0.4, -0.2) is 32.0 Å². The lowest BCUT2D eigenvalue weighted by atomic mass is 10.1. The van der Waals surface area contributed by atoms with Gasteiger partial charge in [-0.1, -0.05) is 79.2 Å². The second-order valence-electron chi connectivity index (χ2n) is 8.20. The number of para-hydroxylation sites is 1. The van der Waals surface area contributed by atoms with Crippen molar-refractivity contribution in [2.24, 2.45) is 0 Å². The van der Waals surface area contributed by atoms with Crippen LogP contribution in [0.4, 0.5) is 0 Å². The SMILES string of the molecule is C=CCn1c(COc2ccccc2-c2ccccc2)nnc1S[C@@H](C)C(=O)NC1CCCC1. The molecule has 1 N–H and O–H groups in total. The molecule has 3 aromatic rings. The number of aromatic nitrogens is 3. The van der Waals surface area contributed by atoms with Crippen LogP contribution in [0.3, 0.4) is 0 Å². The minimum Gasteiger partial charge on any atom is -0.485 e. The quantitative estimate of drug-likeness (QED) is 0.329. The zero-order valence-corrected chi connectivity index (χ0v) is 19.8. The Kier molecular flexibility index (Phi) is 7.83. The first-order valence-corrected chi connectivity index (χ1v) is 12.3. The molecule has 2 aromatic carbocycles. The Balaban J connectivity index is 1.45. The minimum absolute atomic E-state index is 0.0506. The summed E-state index contributed by atoms with van der Waals surface area (Å²) in [6.45, 7) is 6.60. The van der Waals surface area contributed by atoms with Crippen molar-refractivity contribution in [2.45, 2.75) is 62.2 Å². The van der Waals surface area contributed by atoms with Gasteiger partial charge < -0.3 is 10.1 Å². The molecule has 1 atom stereocenters. The molecule has 33 heavy (non-hydrogen) atoms. The molecule has 172 valence electrons. The molecule has 1 fully saturated rings. The Morgan fingerprint density at radius 3 is 2.67 bits per heavy atom. The largest absolute Gasteiger partial charge is 0.485 e. The van der Waals surface area contributed by atoms with Crippen molar-refractivity contribution in [1.29, 1.82) is 0 Å². The third kappa shape index (κ3) is 5.85. The van der Waals surface area contributed by atoms with Crippen molar-refractivity contribution in [3.05, 3.63) is 73.1 Å². The highest BCUT2D eigenvalue weighted by Gasteiger charge is 2.24. The second-order valence-corrected chi connectivity index (χ2v) is 9.51. The number of hydrogen-bond acceptors (Lipinski definition) is 5. The van der Waals surface area contributed by atoms with E-state index in [4.69, 9.17) is 4.74 Å². The topological polar surface area (TPSA) is 69.0 Å². The Labute approximate surface area is 199 Å². The number of thioether (sulfide) groups is 1. The van der Waals surface area contributed by atoms with Gasteiger partial charge in [0.15, 0.2) is 11.0 Å². The molecule has 4 rings (SSSR count). The smallest absolute Gasteiger partial charge is 0.233 e. The van der Waals surface area contributed by atoms with Crippen molar-refractivity contribution in [3.63, 3.8) is 0 Å². The number of ether oxygens (including phenoxy) is 1. The lowest BCUT2D eigenvalue weighted by Gasteiger charge is -2.16. The number of carbonyl (C=O) groups excluding carboxylic acids is 1. The summed E-state index contributed by atoms with van der Waals surface area (Å²) < 4.78 is 8.13. The first-order valence-electron chi connectivity index (χ1n) is 11.4. The molecule has 7 heteroatoms. The highest BCUT2D eigenvalue weighted by molar-refractivity contribution is 8.00. The van der Waals surface area contributed by atoms with E-state index in [1.165, 1.54) is 24.6 Å². The van der Waals surface area contributed by atoms with Gasteiger partial charge in [0.1, 0.15) is 12.4 Å². The molecule has 1 heterocycles. The van der Waals surface area contributed by atoms with Gasteiger partial charge in [-0.05, 0) is 31.4 Å². The van der Waals surface area contributed by atoms with Crippen LogP contribution >= 0.6 is 11.8 Å². The summed E-state index contributed by atoms with van der Waals surface area (Å²) in [5.41, 5.74) is 2.12. The Hall–Kier alpha value is -3.06. The second kappa shape index (κ2) is 11.2. The van der Waals surface area contributed by atoms with Crippen LogP contribution in [0.25, 0.3) is 11.1 Å². The maximum Gasteiger partial charge on any atom is 0.233 e. The van der Waals surface area contributed by atoms with Crippen LogP contribution in [-0.2, 0) is 17.9 Å². The average Bonchev–Trinajstić information content (AvgIpc) is 3.49. The van der Waals surface area contributed by atoms with Crippen LogP contribution in [0.15, 0.2) is 72.4 Å². The zero-order chi connectivity index (χ0) is 23.0. The fourth-order valence-corrected chi connectivity index (χ4v) is 4.90. The summed E-state index contributed by atoms with van der Waals surface area (Å²) in [4.78, 5) is 12.6. The molecule has 0 radical (unpaired) electrons. The first kappa shape index (κ1) is 23.1. The summed E-state index contributed by atoms with van der Waals surface area (Å²) >= 11 is 1.42. The third-order valence-corrected chi connectivity index (χ3v) is 6.87. The van der Waals surface area contributed by atoms with Gasteiger partial charge in [0.05, 0.1) is 5.25 Å². The van der Waals surface area contributed by atoms with Gasteiger partial charge in [0.25, 0.3) is 0 Å². The van der Waals surface area contributed by atoms with Gasteiger partial charge in [-0.15, -0.1) is 16.8 Å². The number of allylic oxidation sites excluding steroid dienone is 1. The molecule has 1 aliphatic carbocycles. The van der Waals surface area contributed by atoms with E-state index >= 15 is 0 Å². The molecule has 1 amide bonds. The molecule has 1 saturated carbocycles. The molecule has 0 spiro atoms. The molecule has 1 aliphatic rings. The van der Waals surface area contributed by atoms with Crippen LogP contribution in [0.1, 0.15) is 38.4 Å². The summed E-state index contributed by atoms with van der Waals surface area (Å²) in [6, 6.07) is 18.4. The average molecular weight is 463 g/mol. The number of benzene rings is 2. The van der Waals surface area contributed by atoms with Gasteiger partial charge in [-0.3, -0.25) is 9.36 Å². The summed E-state index contributed by atoms with van der Waals surface area (Å²) in [6.07, 6.45) is 6.33. The van der Waals surface area contributed by atoms with E-state index < -0.39 is 0 Å². The van der Waals surface area contributed by atoms with Gasteiger partial charge in [0.2, 0.25) is 5.91 Å². The van der Waals surface area contributed by atoms with E-state index in [-0.39, 0.29) is 17.8 Å². The highest BCUT2D eigenvalue weighted by atomic mass is 32.2. The molecule has 0 aliphatic heterocycles. The van der Waals surface area contributed by atoms with Crippen LogP contribution in [0, 0.1) is 0 Å². The van der Waals surface area contributed by atoms with E-state index in [9.17, 15) is 4.79 Å². The van der Waals surface area contributed by atoms with E-state index in [0.717, 1.165) is 29.7 Å². The number of rotatable bonds is 10. The number of hydrogen-bond donors (Lipinski definition) is 1. The third-order valence-electron chi connectivity index (χ3n) is 5.79. The van der Waals surface area contributed by atoms with Gasteiger partial charge in [0, 0.05) is 18.2 Å². The monoisotopic (exact) mass is 462 g/mol. The molecule has 0 unspecified atom stereocenters. The van der Waals surface area contributed by atoms with E-state index in [1.807, 2.05) is 54.0 Å². The normalized spacial score (nSPS) is 14.7. The minimum atomic E-state index is -0.258. The van der Waals surface area contributed by atoms with Crippen molar-refractivity contribution >= 4 is 17.7 Å². The molecule has 0 bridgehead atoms. The summed E-state index contributed by atoms with van der Waals surface area (Å²) in [5, 5.41) is 12.3. The van der Waals surface area contributed by atoms with Gasteiger partial charge in [-0.25, -0.2) is 0 Å². The van der Waals surface area contributed by atoms with E-state index in [2.05, 4.69) is 34.2 Å². The van der Waals surface area contributed by atoms with Crippen LogP contribution < -0.4 is 10.1 Å². The van der Waals surface area contributed by atoms with Crippen molar-refractivity contribution in [3.8, 4) is 16.9 Å². The molecule has 0 saturated heterocycles. The number of amides is 1. The number of nitrogens with zero attached hydrogens (tertiary/aromatic N) is 3. The number of nitrogens with one attached hydrogen (secondary N) is 1. The number of carbonyl (C=O) groups is 1. The lowest BCUT2D eigenvalue weighted by molar-refractivity contribution is -0.120. The maximum absolute atomic E-state index is 12.6. The maximum atomic E-state index is 12.6. The standard InChI is InChI=1S/C26H30N4O2S/c1-3-17-30-24(18-32-23-16-10-9-15-22(23)20-11-5-4-6-12-20)28-29-26(30)33-19(2)25(31)27-21-13-7-8-14-21/h3-6,9-12,15-16,19,21H,1,7-8,13-14,17-18H2,2H3,(H,27,31)/t19-/m0/s1. The fraction of sp³-hybridized carbons (Fsp3) is 0.346. The van der Waals surface area contributed by atoms with Crippen molar-refractivity contribution in [1.82, 2.24) is 20.1 Å². The summed E-state index contributed by atoms with van der Waals surface area (Å²) in [5.74, 6) is 1.54. The molecular weight excluding hydrogens is 432 g/mol. The van der Waals surface area contributed by atoms with E-state index in [0.29, 0.717) is 23.6 Å². The summed E-state index contributed by atoms with van der Waals surface area (Å²) in [7, 11) is 0. The Morgan fingerprint density at radius 2 is 1.91 bits per heavy atom. The highest BCUT2D eigenvalue weighted by Crippen LogP contribution is 2.30. The van der Waals surface area contributed by atoms with Crippen LogP contribution in [0.2, 0.25) is 0 Å².